The number of halogens is 1. The number of carboxylic acid groups (broad SMARTS) is 1. The maximum Gasteiger partial charge on any atom is 0.341 e. The monoisotopic (exact) mass is 413 g/mol. The summed E-state index contributed by atoms with van der Waals surface area (Å²) in [6.45, 7) is 9.08. The Labute approximate surface area is 174 Å². The van der Waals surface area contributed by atoms with Crippen LogP contribution in [0.3, 0.4) is 0 Å². The second-order valence-corrected chi connectivity index (χ2v) is 9.34. The topological polar surface area (TPSA) is 65.8 Å². The molecular formula is C23H28FN3O3. The highest BCUT2D eigenvalue weighted by molar-refractivity contribution is 5.95. The Morgan fingerprint density at radius 2 is 2.07 bits per heavy atom. The van der Waals surface area contributed by atoms with Gasteiger partial charge in [0.2, 0.25) is 5.43 Å². The van der Waals surface area contributed by atoms with Crippen LogP contribution in [0.25, 0.3) is 10.9 Å². The molecule has 2 unspecified atom stereocenters. The number of rotatable bonds is 3. The average molecular weight is 413 g/mol. The van der Waals surface area contributed by atoms with Crippen LogP contribution in [0.15, 0.2) is 17.1 Å². The zero-order valence-corrected chi connectivity index (χ0v) is 17.6. The fourth-order valence-corrected chi connectivity index (χ4v) is 5.89. The Bertz CT molecular complexity index is 1110. The number of benzene rings is 1. The van der Waals surface area contributed by atoms with Gasteiger partial charge in [-0.2, -0.15) is 0 Å². The Hall–Kier alpha value is -2.41. The molecule has 2 aromatic rings. The first-order chi connectivity index (χ1) is 14.3. The number of aromatic nitrogens is 1. The van der Waals surface area contributed by atoms with Crippen molar-refractivity contribution in [3.8, 4) is 0 Å². The molecule has 0 radical (unpaired) electrons. The van der Waals surface area contributed by atoms with E-state index in [0.717, 1.165) is 57.5 Å². The molecule has 3 aliphatic heterocycles. The number of hydrogen-bond donors (Lipinski definition) is 1. The summed E-state index contributed by atoms with van der Waals surface area (Å²) in [6, 6.07) is 1.34. The van der Waals surface area contributed by atoms with Crippen molar-refractivity contribution in [3.05, 3.63) is 39.4 Å². The summed E-state index contributed by atoms with van der Waals surface area (Å²) < 4.78 is 17.3. The van der Waals surface area contributed by atoms with Crippen LogP contribution in [0, 0.1) is 11.2 Å². The molecule has 1 aromatic carbocycles. The number of hydrogen-bond acceptors (Lipinski definition) is 4. The fraction of sp³-hybridized carbons (Fsp3) is 0.565. The van der Waals surface area contributed by atoms with Gasteiger partial charge in [-0.15, -0.1) is 0 Å². The zero-order valence-electron chi connectivity index (χ0n) is 17.6. The molecule has 6 nitrogen and oxygen atoms in total. The summed E-state index contributed by atoms with van der Waals surface area (Å²) in [4.78, 5) is 29.0. The lowest BCUT2D eigenvalue weighted by Crippen LogP contribution is -2.32. The van der Waals surface area contributed by atoms with Gasteiger partial charge in [0.15, 0.2) is 0 Å². The summed E-state index contributed by atoms with van der Waals surface area (Å²) in [7, 11) is 0. The van der Waals surface area contributed by atoms with Crippen LogP contribution in [0.4, 0.5) is 10.1 Å². The van der Waals surface area contributed by atoms with Gasteiger partial charge in [0.05, 0.1) is 11.2 Å². The summed E-state index contributed by atoms with van der Waals surface area (Å²) in [5.74, 6) is -1.67. The second-order valence-electron chi connectivity index (χ2n) is 9.34. The molecule has 1 spiro atoms. The first-order valence-corrected chi connectivity index (χ1v) is 10.9. The van der Waals surface area contributed by atoms with Crippen molar-refractivity contribution >= 4 is 22.6 Å². The van der Waals surface area contributed by atoms with Crippen LogP contribution in [0.5, 0.6) is 0 Å². The van der Waals surface area contributed by atoms with Crippen LogP contribution >= 0.6 is 0 Å². The Morgan fingerprint density at radius 1 is 1.30 bits per heavy atom. The summed E-state index contributed by atoms with van der Waals surface area (Å²) in [6.07, 6.45) is 5.14. The molecular weight excluding hydrogens is 385 g/mol. The van der Waals surface area contributed by atoms with Crippen molar-refractivity contribution in [2.75, 3.05) is 37.6 Å². The third-order valence-electron chi connectivity index (χ3n) is 7.58. The standard InChI is InChI=1S/C23H28FN3O3/c1-3-25-8-6-23(12-25)7-9-26(13-23)20-15-5-4-14(2)27-11-17(22(29)30)21(28)16(19(15)27)10-18(20)24/h10-11,14H,3-9,12-13H2,1-2H3,(H,29,30). The maximum atomic E-state index is 15.5. The Kier molecular flexibility index (Phi) is 4.43. The van der Waals surface area contributed by atoms with Gasteiger partial charge in [0.25, 0.3) is 0 Å². The number of carboxylic acids is 1. The number of aryl methyl sites for hydroxylation is 1. The third kappa shape index (κ3) is 2.78. The number of likely N-dealkylation sites (tertiary alicyclic amines) is 1. The van der Waals surface area contributed by atoms with E-state index in [4.69, 9.17) is 0 Å². The lowest BCUT2D eigenvalue weighted by atomic mass is 9.86. The predicted octanol–water partition coefficient (Wildman–Crippen LogP) is 3.27. The number of carbonyl (C=O) groups is 1. The number of anilines is 1. The van der Waals surface area contributed by atoms with Crippen molar-refractivity contribution in [1.82, 2.24) is 9.47 Å². The molecule has 0 aliphatic carbocycles. The van der Waals surface area contributed by atoms with Gasteiger partial charge >= 0.3 is 5.97 Å². The molecule has 5 rings (SSSR count). The van der Waals surface area contributed by atoms with Crippen molar-refractivity contribution in [2.45, 2.75) is 45.6 Å². The van der Waals surface area contributed by atoms with Gasteiger partial charge in [-0.05, 0) is 51.8 Å². The molecule has 4 heterocycles. The van der Waals surface area contributed by atoms with E-state index in [1.165, 1.54) is 12.3 Å². The summed E-state index contributed by atoms with van der Waals surface area (Å²) in [5, 5.41) is 9.64. The normalized spacial score (nSPS) is 26.2. The van der Waals surface area contributed by atoms with Crippen molar-refractivity contribution in [2.24, 2.45) is 5.41 Å². The Morgan fingerprint density at radius 3 is 2.77 bits per heavy atom. The highest BCUT2D eigenvalue weighted by atomic mass is 19.1. The van der Waals surface area contributed by atoms with Gasteiger partial charge in [0.1, 0.15) is 11.4 Å². The molecule has 0 bridgehead atoms. The molecule has 30 heavy (non-hydrogen) atoms. The van der Waals surface area contributed by atoms with E-state index in [1.54, 1.807) is 0 Å². The van der Waals surface area contributed by atoms with Crippen LogP contribution in [-0.2, 0) is 6.42 Å². The summed E-state index contributed by atoms with van der Waals surface area (Å²) in [5.41, 5.74) is 1.53. The Balaban J connectivity index is 1.65. The highest BCUT2D eigenvalue weighted by Crippen LogP contribution is 2.45. The van der Waals surface area contributed by atoms with Crippen LogP contribution in [0.2, 0.25) is 0 Å². The molecule has 7 heteroatoms. The fourth-order valence-electron chi connectivity index (χ4n) is 5.89. The van der Waals surface area contributed by atoms with Crippen LogP contribution < -0.4 is 10.3 Å². The van der Waals surface area contributed by atoms with Gasteiger partial charge < -0.3 is 19.5 Å². The first-order valence-electron chi connectivity index (χ1n) is 10.9. The minimum Gasteiger partial charge on any atom is -0.477 e. The van der Waals surface area contributed by atoms with E-state index in [2.05, 4.69) is 16.7 Å². The maximum absolute atomic E-state index is 15.5. The molecule has 2 fully saturated rings. The third-order valence-corrected chi connectivity index (χ3v) is 7.58. The largest absolute Gasteiger partial charge is 0.477 e. The summed E-state index contributed by atoms with van der Waals surface area (Å²) >= 11 is 0. The van der Waals surface area contributed by atoms with Crippen LogP contribution in [0.1, 0.15) is 55.1 Å². The number of pyridine rings is 1. The molecule has 0 saturated carbocycles. The van der Waals surface area contributed by atoms with E-state index in [0.29, 0.717) is 17.6 Å². The first kappa shape index (κ1) is 19.5. The van der Waals surface area contributed by atoms with E-state index < -0.39 is 17.2 Å². The zero-order chi connectivity index (χ0) is 21.2. The van der Waals surface area contributed by atoms with Gasteiger partial charge in [0, 0.05) is 48.2 Å². The molecule has 3 aliphatic rings. The average Bonchev–Trinajstić information content (AvgIpc) is 3.32. The molecule has 0 amide bonds. The minimum absolute atomic E-state index is 0.0647. The molecule has 1 N–H and O–H groups in total. The van der Waals surface area contributed by atoms with Crippen LogP contribution in [-0.4, -0.2) is 53.3 Å². The quantitative estimate of drug-likeness (QED) is 0.837. The molecule has 160 valence electrons. The predicted molar refractivity (Wildman–Crippen MR) is 114 cm³/mol. The SMILES string of the molecule is CCN1CCC2(CCN(c3c(F)cc4c(=O)c(C(=O)O)cn5c4c3CCC5C)C2)C1. The lowest BCUT2D eigenvalue weighted by molar-refractivity contribution is 0.0694. The van der Waals surface area contributed by atoms with E-state index in [-0.39, 0.29) is 22.4 Å². The lowest BCUT2D eigenvalue weighted by Gasteiger charge is -2.32. The minimum atomic E-state index is -1.27. The smallest absolute Gasteiger partial charge is 0.341 e. The van der Waals surface area contributed by atoms with Gasteiger partial charge in [-0.1, -0.05) is 6.92 Å². The van der Waals surface area contributed by atoms with Crippen molar-refractivity contribution < 1.29 is 14.3 Å². The van der Waals surface area contributed by atoms with Crippen molar-refractivity contribution in [3.63, 3.8) is 0 Å². The van der Waals surface area contributed by atoms with Gasteiger partial charge in [-0.25, -0.2) is 9.18 Å². The van der Waals surface area contributed by atoms with Gasteiger partial charge in [-0.3, -0.25) is 4.79 Å². The highest BCUT2D eigenvalue weighted by Gasteiger charge is 2.44. The van der Waals surface area contributed by atoms with E-state index >= 15 is 4.39 Å². The molecule has 1 aromatic heterocycles. The van der Waals surface area contributed by atoms with E-state index in [1.807, 2.05) is 11.5 Å². The number of nitrogens with zero attached hydrogens (tertiary/aromatic N) is 3. The second kappa shape index (κ2) is 6.80. The van der Waals surface area contributed by atoms with Crippen molar-refractivity contribution in [1.29, 1.82) is 0 Å². The number of aromatic carboxylic acids is 1. The molecule has 2 atom stereocenters. The van der Waals surface area contributed by atoms with E-state index in [9.17, 15) is 14.7 Å². The molecule has 2 saturated heterocycles.